The predicted octanol–water partition coefficient (Wildman–Crippen LogP) is 1.68. The first-order chi connectivity index (χ1) is 4.52. The third-order valence-corrected chi connectivity index (χ3v) is 3.04. The van der Waals surface area contributed by atoms with Crippen LogP contribution < -0.4 is 0 Å². The summed E-state index contributed by atoms with van der Waals surface area (Å²) in [5.74, 6) is 0. The molecule has 0 spiro atoms. The summed E-state index contributed by atoms with van der Waals surface area (Å²) in [5, 5.41) is 0. The molecule has 0 saturated heterocycles. The van der Waals surface area contributed by atoms with Crippen molar-refractivity contribution < 1.29 is 0 Å². The van der Waals surface area contributed by atoms with E-state index in [0.29, 0.717) is 5.41 Å². The van der Waals surface area contributed by atoms with Crippen LogP contribution in [0.1, 0.15) is 20.8 Å². The maximum Gasteiger partial charge on any atom is 0.0167 e. The molecule has 0 radical (unpaired) electrons. The standard InChI is InChI=1S/C9H16Si/c1-9(2,3)7-5-4-6-8(7)10/h4-6,8H,1-3,10H3. The molecule has 0 fully saturated rings. The molecule has 0 nitrogen and oxygen atoms in total. The minimum atomic E-state index is 0.385. The van der Waals surface area contributed by atoms with E-state index in [4.69, 9.17) is 0 Å². The summed E-state index contributed by atoms with van der Waals surface area (Å²) in [6, 6.07) is 0. The summed E-state index contributed by atoms with van der Waals surface area (Å²) in [7, 11) is 1.26. The van der Waals surface area contributed by atoms with Crippen molar-refractivity contribution in [1.82, 2.24) is 0 Å². The molecule has 1 aliphatic rings. The summed E-state index contributed by atoms with van der Waals surface area (Å²) in [5.41, 5.74) is 2.79. The summed E-state index contributed by atoms with van der Waals surface area (Å²) >= 11 is 0. The third-order valence-electron chi connectivity index (χ3n) is 2.03. The fraction of sp³-hybridized carbons (Fsp3) is 0.556. The van der Waals surface area contributed by atoms with Crippen LogP contribution >= 0.6 is 0 Å². The highest BCUT2D eigenvalue weighted by Crippen LogP contribution is 2.36. The Kier molecular flexibility index (Phi) is 1.86. The molecule has 56 valence electrons. The fourth-order valence-electron chi connectivity index (χ4n) is 1.51. The van der Waals surface area contributed by atoms with E-state index in [-0.39, 0.29) is 0 Å². The van der Waals surface area contributed by atoms with Crippen molar-refractivity contribution in [2.45, 2.75) is 26.3 Å². The first-order valence-electron chi connectivity index (χ1n) is 3.90. The van der Waals surface area contributed by atoms with Crippen LogP contribution in [-0.4, -0.2) is 10.2 Å². The molecular weight excluding hydrogens is 136 g/mol. The van der Waals surface area contributed by atoms with Gasteiger partial charge in [0.05, 0.1) is 0 Å². The SMILES string of the molecule is CC(C)(C)C1=CC=CC1[SiH3]. The first kappa shape index (κ1) is 7.80. The van der Waals surface area contributed by atoms with Gasteiger partial charge in [-0.05, 0) is 11.0 Å². The van der Waals surface area contributed by atoms with E-state index in [1.165, 1.54) is 10.2 Å². The van der Waals surface area contributed by atoms with Crippen LogP contribution in [0, 0.1) is 5.41 Å². The molecule has 0 amide bonds. The van der Waals surface area contributed by atoms with Crippen molar-refractivity contribution in [3.63, 3.8) is 0 Å². The highest BCUT2D eigenvalue weighted by molar-refractivity contribution is 6.15. The van der Waals surface area contributed by atoms with E-state index < -0.39 is 0 Å². The number of allylic oxidation sites excluding steroid dienone is 4. The maximum absolute atomic E-state index is 2.31. The molecule has 0 aromatic heterocycles. The molecule has 1 unspecified atom stereocenters. The first-order valence-corrected chi connectivity index (χ1v) is 5.06. The van der Waals surface area contributed by atoms with E-state index in [0.717, 1.165) is 5.54 Å². The van der Waals surface area contributed by atoms with E-state index in [1.807, 2.05) is 0 Å². The Labute approximate surface area is 66.4 Å². The molecule has 0 saturated carbocycles. The average molecular weight is 152 g/mol. The Morgan fingerprint density at radius 3 is 2.20 bits per heavy atom. The van der Waals surface area contributed by atoms with Gasteiger partial charge in [0, 0.05) is 10.2 Å². The van der Waals surface area contributed by atoms with Crippen LogP contribution in [0.4, 0.5) is 0 Å². The topological polar surface area (TPSA) is 0 Å². The molecular formula is C9H16Si. The van der Waals surface area contributed by atoms with Gasteiger partial charge >= 0.3 is 0 Å². The van der Waals surface area contributed by atoms with Crippen LogP contribution in [0.2, 0.25) is 5.54 Å². The quantitative estimate of drug-likeness (QED) is 0.463. The summed E-state index contributed by atoms with van der Waals surface area (Å²) < 4.78 is 0. The van der Waals surface area contributed by atoms with Gasteiger partial charge in [-0.3, -0.25) is 0 Å². The molecule has 0 aromatic rings. The zero-order valence-corrected chi connectivity index (χ0v) is 9.31. The van der Waals surface area contributed by atoms with Gasteiger partial charge in [0.2, 0.25) is 0 Å². The Hall–Kier alpha value is -0.303. The predicted molar refractivity (Wildman–Crippen MR) is 50.4 cm³/mol. The van der Waals surface area contributed by atoms with Gasteiger partial charge in [0.1, 0.15) is 0 Å². The van der Waals surface area contributed by atoms with E-state index in [1.54, 1.807) is 5.57 Å². The average Bonchev–Trinajstić information content (AvgIpc) is 2.11. The fourth-order valence-corrected chi connectivity index (χ4v) is 2.80. The van der Waals surface area contributed by atoms with Crippen LogP contribution in [0.3, 0.4) is 0 Å². The number of rotatable bonds is 0. The Balaban J connectivity index is 2.78. The second-order valence-corrected chi connectivity index (χ2v) is 5.29. The van der Waals surface area contributed by atoms with E-state index >= 15 is 0 Å². The number of hydrogen-bond donors (Lipinski definition) is 0. The van der Waals surface area contributed by atoms with Gasteiger partial charge in [-0.2, -0.15) is 0 Å². The zero-order chi connectivity index (χ0) is 7.78. The Morgan fingerprint density at radius 1 is 1.40 bits per heavy atom. The summed E-state index contributed by atoms with van der Waals surface area (Å²) in [4.78, 5) is 0. The van der Waals surface area contributed by atoms with Crippen LogP contribution in [0.25, 0.3) is 0 Å². The Bertz CT molecular complexity index is 181. The highest BCUT2D eigenvalue weighted by Gasteiger charge is 2.21. The third kappa shape index (κ3) is 1.40. The molecule has 0 aromatic carbocycles. The van der Waals surface area contributed by atoms with Gasteiger partial charge in [-0.15, -0.1) is 0 Å². The van der Waals surface area contributed by atoms with Gasteiger partial charge in [0.15, 0.2) is 0 Å². The van der Waals surface area contributed by atoms with Gasteiger partial charge < -0.3 is 0 Å². The molecule has 1 atom stereocenters. The van der Waals surface area contributed by atoms with Crippen molar-refractivity contribution in [3.05, 3.63) is 23.8 Å². The lowest BCUT2D eigenvalue weighted by atomic mass is 9.85. The van der Waals surface area contributed by atoms with Gasteiger partial charge in [-0.25, -0.2) is 0 Å². The van der Waals surface area contributed by atoms with Crippen LogP contribution in [0.5, 0.6) is 0 Å². The van der Waals surface area contributed by atoms with E-state index in [2.05, 4.69) is 39.0 Å². The molecule has 10 heavy (non-hydrogen) atoms. The van der Waals surface area contributed by atoms with Crippen molar-refractivity contribution in [2.24, 2.45) is 5.41 Å². The van der Waals surface area contributed by atoms with Crippen LogP contribution in [0.15, 0.2) is 23.8 Å². The molecule has 1 heteroatoms. The van der Waals surface area contributed by atoms with Crippen molar-refractivity contribution >= 4 is 10.2 Å². The minimum Gasteiger partial charge on any atom is -0.0811 e. The van der Waals surface area contributed by atoms with Crippen molar-refractivity contribution in [3.8, 4) is 0 Å². The maximum atomic E-state index is 2.31. The lowest BCUT2D eigenvalue weighted by molar-refractivity contribution is 0.496. The smallest absolute Gasteiger partial charge is 0.0167 e. The minimum absolute atomic E-state index is 0.385. The lowest BCUT2D eigenvalue weighted by Gasteiger charge is -2.24. The van der Waals surface area contributed by atoms with E-state index in [9.17, 15) is 0 Å². The van der Waals surface area contributed by atoms with Gasteiger partial charge in [-0.1, -0.05) is 44.6 Å². The monoisotopic (exact) mass is 152 g/mol. The second-order valence-electron chi connectivity index (χ2n) is 4.05. The molecule has 0 N–H and O–H groups in total. The molecule has 0 heterocycles. The summed E-state index contributed by atoms with van der Waals surface area (Å²) in [6.07, 6.45) is 6.78. The number of hydrogen-bond acceptors (Lipinski definition) is 0. The zero-order valence-electron chi connectivity index (χ0n) is 7.31. The second kappa shape index (κ2) is 2.39. The Morgan fingerprint density at radius 2 is 2.00 bits per heavy atom. The molecule has 0 aliphatic heterocycles. The normalized spacial score (nSPS) is 25.5. The van der Waals surface area contributed by atoms with Crippen molar-refractivity contribution in [2.75, 3.05) is 0 Å². The lowest BCUT2D eigenvalue weighted by Crippen LogP contribution is -2.11. The summed E-state index contributed by atoms with van der Waals surface area (Å²) in [6.45, 7) is 6.87. The van der Waals surface area contributed by atoms with Crippen molar-refractivity contribution in [1.29, 1.82) is 0 Å². The molecule has 1 rings (SSSR count). The largest absolute Gasteiger partial charge is 0.0811 e. The highest BCUT2D eigenvalue weighted by atomic mass is 28.1. The van der Waals surface area contributed by atoms with Gasteiger partial charge in [0.25, 0.3) is 0 Å². The van der Waals surface area contributed by atoms with Crippen LogP contribution in [-0.2, 0) is 0 Å². The molecule has 0 bridgehead atoms. The molecule has 1 aliphatic carbocycles.